The number of carbonyl (C=O) groups is 1. The molecule has 1 aliphatic rings. The molecule has 0 atom stereocenters. The number of fused-ring (bicyclic) bond motifs is 1. The van der Waals surface area contributed by atoms with Gasteiger partial charge < -0.3 is 9.47 Å². The Morgan fingerprint density at radius 2 is 1.92 bits per heavy atom. The summed E-state index contributed by atoms with van der Waals surface area (Å²) >= 11 is 0. The standard InChI is InChI=1S/C19H20N4O/c1-13(2)18-21-9-10-23(18)15-11-22(12-15)19(24)17-16-6-4-3-5-14(16)7-8-20-17/h3-10,13,15H,11-12H2,1-2H3. The van der Waals surface area contributed by atoms with E-state index in [1.807, 2.05) is 47.6 Å². The molecule has 0 radical (unpaired) electrons. The van der Waals surface area contributed by atoms with E-state index in [1.54, 1.807) is 6.20 Å². The van der Waals surface area contributed by atoms with Gasteiger partial charge in [0.1, 0.15) is 11.5 Å². The van der Waals surface area contributed by atoms with Crippen molar-refractivity contribution in [1.82, 2.24) is 19.4 Å². The second-order valence-corrected chi connectivity index (χ2v) is 6.59. The first-order chi connectivity index (χ1) is 11.6. The molecule has 5 nitrogen and oxygen atoms in total. The summed E-state index contributed by atoms with van der Waals surface area (Å²) in [6.45, 7) is 5.69. The Labute approximate surface area is 140 Å². The van der Waals surface area contributed by atoms with Crippen molar-refractivity contribution in [3.05, 3.63) is 60.4 Å². The maximum Gasteiger partial charge on any atom is 0.273 e. The lowest BCUT2D eigenvalue weighted by molar-refractivity contribution is 0.0511. The van der Waals surface area contributed by atoms with Gasteiger partial charge in [0.25, 0.3) is 5.91 Å². The summed E-state index contributed by atoms with van der Waals surface area (Å²) in [6.07, 6.45) is 5.56. The number of imidazole rings is 1. The van der Waals surface area contributed by atoms with Crippen LogP contribution >= 0.6 is 0 Å². The molecule has 1 fully saturated rings. The molecule has 3 heterocycles. The van der Waals surface area contributed by atoms with Gasteiger partial charge in [-0.2, -0.15) is 0 Å². The molecule has 0 N–H and O–H groups in total. The molecule has 1 aliphatic heterocycles. The van der Waals surface area contributed by atoms with Gasteiger partial charge in [-0.15, -0.1) is 0 Å². The van der Waals surface area contributed by atoms with Crippen LogP contribution in [0.5, 0.6) is 0 Å². The molecule has 24 heavy (non-hydrogen) atoms. The molecule has 1 amide bonds. The zero-order valence-corrected chi connectivity index (χ0v) is 13.9. The normalized spacial score (nSPS) is 15.0. The SMILES string of the molecule is CC(C)c1nccn1C1CN(C(=O)c2nccc3ccccc23)C1. The van der Waals surface area contributed by atoms with E-state index in [-0.39, 0.29) is 5.91 Å². The van der Waals surface area contributed by atoms with Gasteiger partial charge in [-0.1, -0.05) is 38.1 Å². The first-order valence-electron chi connectivity index (χ1n) is 8.31. The van der Waals surface area contributed by atoms with Crippen LogP contribution in [0.2, 0.25) is 0 Å². The molecule has 2 aromatic heterocycles. The van der Waals surface area contributed by atoms with Crippen molar-refractivity contribution in [2.45, 2.75) is 25.8 Å². The quantitative estimate of drug-likeness (QED) is 0.744. The fourth-order valence-corrected chi connectivity index (χ4v) is 3.32. The molecular formula is C19H20N4O. The highest BCUT2D eigenvalue weighted by molar-refractivity contribution is 6.05. The van der Waals surface area contributed by atoms with Gasteiger partial charge in [0.2, 0.25) is 0 Å². The lowest BCUT2D eigenvalue weighted by Gasteiger charge is -2.40. The average molecular weight is 320 g/mol. The number of pyridine rings is 1. The number of hydrogen-bond donors (Lipinski definition) is 0. The van der Waals surface area contributed by atoms with Gasteiger partial charge in [-0.05, 0) is 11.5 Å². The Morgan fingerprint density at radius 1 is 1.12 bits per heavy atom. The maximum absolute atomic E-state index is 12.8. The number of hydrogen-bond acceptors (Lipinski definition) is 3. The van der Waals surface area contributed by atoms with E-state index >= 15 is 0 Å². The van der Waals surface area contributed by atoms with E-state index in [2.05, 4.69) is 28.4 Å². The zero-order valence-electron chi connectivity index (χ0n) is 13.9. The third-order valence-corrected chi connectivity index (χ3v) is 4.63. The number of nitrogens with zero attached hydrogens (tertiary/aromatic N) is 4. The van der Waals surface area contributed by atoms with E-state index in [0.717, 1.165) is 16.6 Å². The van der Waals surface area contributed by atoms with Crippen molar-refractivity contribution in [2.24, 2.45) is 0 Å². The van der Waals surface area contributed by atoms with E-state index in [1.165, 1.54) is 0 Å². The van der Waals surface area contributed by atoms with Crippen molar-refractivity contribution in [3.63, 3.8) is 0 Å². The zero-order chi connectivity index (χ0) is 16.7. The fourth-order valence-electron chi connectivity index (χ4n) is 3.32. The van der Waals surface area contributed by atoms with E-state index in [0.29, 0.717) is 30.7 Å². The van der Waals surface area contributed by atoms with Crippen LogP contribution in [0.25, 0.3) is 10.8 Å². The third-order valence-electron chi connectivity index (χ3n) is 4.63. The summed E-state index contributed by atoms with van der Waals surface area (Å²) in [5.74, 6) is 1.47. The van der Waals surface area contributed by atoms with Gasteiger partial charge in [0.15, 0.2) is 0 Å². The predicted octanol–water partition coefficient (Wildman–Crippen LogP) is 3.25. The lowest BCUT2D eigenvalue weighted by atomic mass is 10.0. The van der Waals surface area contributed by atoms with Gasteiger partial charge in [-0.25, -0.2) is 4.98 Å². The van der Waals surface area contributed by atoms with Crippen LogP contribution in [-0.4, -0.2) is 38.4 Å². The second-order valence-electron chi connectivity index (χ2n) is 6.59. The highest BCUT2D eigenvalue weighted by Crippen LogP contribution is 2.28. The Bertz CT molecular complexity index is 888. The van der Waals surface area contributed by atoms with Gasteiger partial charge >= 0.3 is 0 Å². The van der Waals surface area contributed by atoms with Crippen molar-refractivity contribution < 1.29 is 4.79 Å². The molecule has 122 valence electrons. The molecule has 1 saturated heterocycles. The number of carbonyl (C=O) groups excluding carboxylic acids is 1. The van der Waals surface area contributed by atoms with Crippen molar-refractivity contribution in [2.75, 3.05) is 13.1 Å². The van der Waals surface area contributed by atoms with Gasteiger partial charge in [-0.3, -0.25) is 9.78 Å². The minimum absolute atomic E-state index is 0.00858. The summed E-state index contributed by atoms with van der Waals surface area (Å²) in [5, 5.41) is 1.96. The minimum atomic E-state index is 0.00858. The maximum atomic E-state index is 12.8. The van der Waals surface area contributed by atoms with Gasteiger partial charge in [0.05, 0.1) is 6.04 Å². The number of amides is 1. The van der Waals surface area contributed by atoms with Crippen LogP contribution in [0.3, 0.4) is 0 Å². The molecule has 5 heteroatoms. The summed E-state index contributed by atoms with van der Waals surface area (Å²) in [4.78, 5) is 23.4. The first kappa shape index (κ1) is 14.9. The molecule has 0 saturated carbocycles. The molecule has 0 unspecified atom stereocenters. The minimum Gasteiger partial charge on any atom is -0.333 e. The molecule has 4 rings (SSSR count). The summed E-state index contributed by atoms with van der Waals surface area (Å²) in [6, 6.07) is 10.1. The average Bonchev–Trinajstić information content (AvgIpc) is 3.02. The third kappa shape index (κ3) is 2.37. The number of benzene rings is 1. The van der Waals surface area contributed by atoms with Crippen LogP contribution < -0.4 is 0 Å². The predicted molar refractivity (Wildman–Crippen MR) is 93.0 cm³/mol. The molecular weight excluding hydrogens is 300 g/mol. The number of likely N-dealkylation sites (tertiary alicyclic amines) is 1. The van der Waals surface area contributed by atoms with Crippen molar-refractivity contribution >= 4 is 16.7 Å². The molecule has 0 aliphatic carbocycles. The number of rotatable bonds is 3. The summed E-state index contributed by atoms with van der Waals surface area (Å²) in [5.41, 5.74) is 0.543. The first-order valence-corrected chi connectivity index (χ1v) is 8.31. The van der Waals surface area contributed by atoms with Crippen molar-refractivity contribution in [3.8, 4) is 0 Å². The van der Waals surface area contributed by atoms with Crippen LogP contribution in [0.1, 0.15) is 42.1 Å². The number of aromatic nitrogens is 3. The van der Waals surface area contributed by atoms with Crippen LogP contribution in [0.4, 0.5) is 0 Å². The Kier molecular flexibility index (Phi) is 3.56. The van der Waals surface area contributed by atoms with Crippen LogP contribution in [0, 0.1) is 0 Å². The van der Waals surface area contributed by atoms with E-state index in [9.17, 15) is 4.79 Å². The largest absolute Gasteiger partial charge is 0.333 e. The topological polar surface area (TPSA) is 51.0 Å². The lowest BCUT2D eigenvalue weighted by Crippen LogP contribution is -2.51. The van der Waals surface area contributed by atoms with E-state index < -0.39 is 0 Å². The molecule has 0 spiro atoms. The van der Waals surface area contributed by atoms with Gasteiger partial charge in [0, 0.05) is 43.0 Å². The highest BCUT2D eigenvalue weighted by atomic mass is 16.2. The Balaban J connectivity index is 1.54. The summed E-state index contributed by atoms with van der Waals surface area (Å²) < 4.78 is 2.20. The van der Waals surface area contributed by atoms with Crippen molar-refractivity contribution in [1.29, 1.82) is 0 Å². The highest BCUT2D eigenvalue weighted by Gasteiger charge is 2.34. The fraction of sp³-hybridized carbons (Fsp3) is 0.316. The summed E-state index contributed by atoms with van der Waals surface area (Å²) in [7, 11) is 0. The Morgan fingerprint density at radius 3 is 2.71 bits per heavy atom. The van der Waals surface area contributed by atoms with Crippen LogP contribution in [0.15, 0.2) is 48.9 Å². The van der Waals surface area contributed by atoms with E-state index in [4.69, 9.17) is 0 Å². The Hall–Kier alpha value is -2.69. The van der Waals surface area contributed by atoms with Crippen LogP contribution in [-0.2, 0) is 0 Å². The smallest absolute Gasteiger partial charge is 0.273 e. The monoisotopic (exact) mass is 320 g/mol. The molecule has 3 aromatic rings. The molecule has 0 bridgehead atoms. The molecule has 1 aromatic carbocycles. The second kappa shape index (κ2) is 5.74.